The van der Waals surface area contributed by atoms with E-state index in [1.54, 1.807) is 0 Å². The highest BCUT2D eigenvalue weighted by atomic mass is 16.4. The van der Waals surface area contributed by atoms with Crippen molar-refractivity contribution in [2.24, 2.45) is 0 Å². The van der Waals surface area contributed by atoms with Crippen molar-refractivity contribution in [3.05, 3.63) is 0 Å². The van der Waals surface area contributed by atoms with Crippen molar-refractivity contribution in [2.45, 2.75) is 84.0 Å². The molecule has 0 aliphatic heterocycles. The van der Waals surface area contributed by atoms with Gasteiger partial charge in [-0.15, -0.1) is 0 Å². The number of unbranched alkanes of at least 4 members (excludes halogenated alkanes) is 10. The van der Waals surface area contributed by atoms with E-state index in [0.717, 1.165) is 18.9 Å². The molecule has 0 rings (SSSR count). The Hall–Kier alpha value is -1.15. The van der Waals surface area contributed by atoms with E-state index in [0.29, 0.717) is 6.42 Å². The quantitative estimate of drug-likeness (QED) is 0.307. The van der Waals surface area contributed by atoms with E-state index in [1.165, 1.54) is 57.8 Å². The fourth-order valence-electron chi connectivity index (χ4n) is 1.94. The third kappa shape index (κ3) is 26.5. The molecule has 0 saturated carbocycles. The minimum Gasteiger partial charge on any atom is -0.481 e. The summed E-state index contributed by atoms with van der Waals surface area (Å²) in [6, 6.07) is 0. The first-order valence-corrected chi connectivity index (χ1v) is 7.44. The van der Waals surface area contributed by atoms with Crippen LogP contribution in [0.25, 0.3) is 0 Å². The Morgan fingerprint density at radius 3 is 1.53 bits per heavy atom. The summed E-state index contributed by atoms with van der Waals surface area (Å²) < 4.78 is 0. The molecule has 112 valence electrons. The van der Waals surface area contributed by atoms with Gasteiger partial charge < -0.3 is 5.11 Å². The predicted octanol–water partition coefficient (Wildman–Crippen LogP) is 4.67. The first-order chi connectivity index (χ1) is 9.18. The van der Waals surface area contributed by atoms with Crippen molar-refractivity contribution >= 4 is 12.0 Å². The molecule has 0 aromatic heterocycles. The Bertz CT molecular complexity index is 223. The van der Waals surface area contributed by atoms with Gasteiger partial charge in [-0.2, -0.15) is 0 Å². The summed E-state index contributed by atoms with van der Waals surface area (Å²) in [5, 5.41) is 13.9. The van der Waals surface area contributed by atoms with Gasteiger partial charge in [0, 0.05) is 6.42 Å². The normalized spacial score (nSPS) is 9.32. The van der Waals surface area contributed by atoms with Crippen LogP contribution in [0.3, 0.4) is 0 Å². The predicted molar refractivity (Wildman–Crippen MR) is 77.1 cm³/mol. The van der Waals surface area contributed by atoms with Gasteiger partial charge in [-0.05, 0) is 6.42 Å². The largest absolute Gasteiger partial charge is 0.481 e. The van der Waals surface area contributed by atoms with Gasteiger partial charge >= 0.3 is 5.97 Å². The number of nitrogens with one attached hydrogen (secondary N) is 1. The van der Waals surface area contributed by atoms with Crippen molar-refractivity contribution in [2.75, 3.05) is 0 Å². The monoisotopic (exact) mass is 271 g/mol. The summed E-state index contributed by atoms with van der Waals surface area (Å²) in [5.74, 6) is -0.657. The van der Waals surface area contributed by atoms with Gasteiger partial charge in [0.15, 0.2) is 0 Å². The molecule has 4 nitrogen and oxygen atoms in total. The highest BCUT2D eigenvalue weighted by Crippen LogP contribution is 2.11. The second-order valence-electron chi connectivity index (χ2n) is 4.78. The van der Waals surface area contributed by atoms with Gasteiger partial charge in [0.2, 0.25) is 6.08 Å². The zero-order valence-corrected chi connectivity index (χ0v) is 12.2. The number of aliphatic carboxylic acids is 1. The zero-order chi connectivity index (χ0) is 14.8. The molecule has 0 spiro atoms. The molecule has 0 unspecified atom stereocenters. The van der Waals surface area contributed by atoms with Gasteiger partial charge in [-0.25, -0.2) is 10.2 Å². The smallest absolute Gasteiger partial charge is 0.303 e. The molecule has 19 heavy (non-hydrogen) atoms. The second kappa shape index (κ2) is 19.2. The van der Waals surface area contributed by atoms with Crippen molar-refractivity contribution in [1.82, 2.24) is 0 Å². The van der Waals surface area contributed by atoms with E-state index in [4.69, 9.17) is 15.3 Å². The standard InChI is InChI=1S/C14H28O2.CHNO/c1-2-3-4-5-6-7-8-9-10-11-12-13-14(15)16;2-1-3/h2-13H2,1H3,(H,15,16);2H. The maximum absolute atomic E-state index is 10.3. The first kappa shape index (κ1) is 20.2. The van der Waals surface area contributed by atoms with E-state index in [2.05, 4.69) is 6.92 Å². The maximum atomic E-state index is 10.3. The molecule has 0 aromatic rings. The molecular formula is C15H29NO3. The van der Waals surface area contributed by atoms with E-state index in [-0.39, 0.29) is 0 Å². The molecule has 0 atom stereocenters. The minimum atomic E-state index is -0.657. The van der Waals surface area contributed by atoms with Crippen LogP contribution in [0.1, 0.15) is 84.0 Å². The van der Waals surface area contributed by atoms with Crippen molar-refractivity contribution in [3.8, 4) is 0 Å². The lowest BCUT2D eigenvalue weighted by Gasteiger charge is -2.01. The first-order valence-electron chi connectivity index (χ1n) is 7.44. The Labute approximate surface area is 117 Å². The lowest BCUT2D eigenvalue weighted by molar-refractivity contribution is -0.137. The highest BCUT2D eigenvalue weighted by molar-refractivity contribution is 5.66. The van der Waals surface area contributed by atoms with Crippen LogP contribution in [-0.2, 0) is 9.59 Å². The van der Waals surface area contributed by atoms with Gasteiger partial charge in [0.1, 0.15) is 0 Å². The number of carboxylic acids is 1. The molecule has 0 aromatic carbocycles. The number of hydrogen-bond acceptors (Lipinski definition) is 3. The molecule has 0 radical (unpaired) electrons. The molecule has 0 heterocycles. The third-order valence-corrected chi connectivity index (χ3v) is 2.99. The van der Waals surface area contributed by atoms with E-state index in [1.807, 2.05) is 0 Å². The van der Waals surface area contributed by atoms with E-state index < -0.39 is 5.97 Å². The SMILES string of the molecule is CCCCCCCCCCCCCC(=O)O.N=C=O. The second-order valence-corrected chi connectivity index (χ2v) is 4.78. The van der Waals surface area contributed by atoms with Gasteiger partial charge in [-0.3, -0.25) is 4.79 Å². The van der Waals surface area contributed by atoms with Crippen LogP contribution in [-0.4, -0.2) is 17.2 Å². The Kier molecular flexibility index (Phi) is 20.4. The van der Waals surface area contributed by atoms with Crippen molar-refractivity contribution < 1.29 is 14.7 Å². The molecule has 0 aliphatic rings. The fourth-order valence-corrected chi connectivity index (χ4v) is 1.94. The lowest BCUT2D eigenvalue weighted by Crippen LogP contribution is -1.93. The summed E-state index contributed by atoms with van der Waals surface area (Å²) in [4.78, 5) is 18.6. The maximum Gasteiger partial charge on any atom is 0.303 e. The van der Waals surface area contributed by atoms with Crippen LogP contribution in [0.4, 0.5) is 0 Å². The van der Waals surface area contributed by atoms with Crippen LogP contribution < -0.4 is 0 Å². The average molecular weight is 271 g/mol. The van der Waals surface area contributed by atoms with Crippen LogP contribution >= 0.6 is 0 Å². The minimum absolute atomic E-state index is 0.344. The Morgan fingerprint density at radius 2 is 1.21 bits per heavy atom. The average Bonchev–Trinajstić information content (AvgIpc) is 2.36. The summed E-state index contributed by atoms with van der Waals surface area (Å²) in [6.45, 7) is 2.25. The van der Waals surface area contributed by atoms with Crippen LogP contribution in [0.5, 0.6) is 0 Å². The van der Waals surface area contributed by atoms with E-state index in [9.17, 15) is 4.79 Å². The van der Waals surface area contributed by atoms with Crippen molar-refractivity contribution in [3.63, 3.8) is 0 Å². The highest BCUT2D eigenvalue weighted by Gasteiger charge is 1.96. The fraction of sp³-hybridized carbons (Fsp3) is 0.867. The molecular weight excluding hydrogens is 242 g/mol. The van der Waals surface area contributed by atoms with Gasteiger partial charge in [-0.1, -0.05) is 71.1 Å². The lowest BCUT2D eigenvalue weighted by atomic mass is 10.1. The zero-order valence-electron chi connectivity index (χ0n) is 12.2. The number of carbonyl (C=O) groups excluding carboxylic acids is 1. The molecule has 0 aliphatic carbocycles. The summed E-state index contributed by atoms with van der Waals surface area (Å²) in [7, 11) is 0. The Morgan fingerprint density at radius 1 is 0.895 bits per heavy atom. The van der Waals surface area contributed by atoms with Gasteiger partial charge in [0.05, 0.1) is 0 Å². The third-order valence-electron chi connectivity index (χ3n) is 2.99. The van der Waals surface area contributed by atoms with Crippen molar-refractivity contribution in [1.29, 1.82) is 5.41 Å². The van der Waals surface area contributed by atoms with Gasteiger partial charge in [0.25, 0.3) is 0 Å². The summed E-state index contributed by atoms with van der Waals surface area (Å²) in [5.41, 5.74) is 0. The molecule has 4 heteroatoms. The van der Waals surface area contributed by atoms with Crippen LogP contribution in [0.15, 0.2) is 0 Å². The summed E-state index contributed by atoms with van der Waals surface area (Å²) in [6.07, 6.45) is 15.1. The molecule has 0 bridgehead atoms. The molecule has 0 saturated heterocycles. The molecule has 2 N–H and O–H groups in total. The number of hydrogen-bond donors (Lipinski definition) is 2. The van der Waals surface area contributed by atoms with Crippen LogP contribution in [0, 0.1) is 5.41 Å². The molecule has 0 amide bonds. The molecule has 0 fully saturated rings. The Balaban J connectivity index is 0. The number of carboxylic acid groups (broad SMARTS) is 1. The number of isocyanates is 1. The van der Waals surface area contributed by atoms with Crippen LogP contribution in [0.2, 0.25) is 0 Å². The van der Waals surface area contributed by atoms with E-state index >= 15 is 0 Å². The topological polar surface area (TPSA) is 78.2 Å². The number of rotatable bonds is 12. The number of carbonyl (C=O) groups is 1. The summed E-state index contributed by atoms with van der Waals surface area (Å²) >= 11 is 0.